The van der Waals surface area contributed by atoms with Crippen molar-refractivity contribution in [1.82, 2.24) is 19.1 Å². The second-order valence-electron chi connectivity index (χ2n) is 8.06. The molecule has 0 aliphatic rings. The molecule has 10 heteroatoms. The van der Waals surface area contributed by atoms with Gasteiger partial charge in [-0.2, -0.15) is 0 Å². The summed E-state index contributed by atoms with van der Waals surface area (Å²) in [4.78, 5) is 57.8. The minimum atomic E-state index is -0.827. The van der Waals surface area contributed by atoms with E-state index in [1.54, 1.807) is 28.8 Å². The highest BCUT2D eigenvalue weighted by Gasteiger charge is 2.22. The number of H-pyrrole nitrogens is 1. The largest absolute Gasteiger partial charge is 0.384 e. The lowest BCUT2D eigenvalue weighted by Gasteiger charge is -2.20. The third-order valence-corrected chi connectivity index (χ3v) is 6.70. The molecule has 4 aromatic rings. The molecule has 1 atom stereocenters. The van der Waals surface area contributed by atoms with Gasteiger partial charge in [-0.3, -0.25) is 28.5 Å². The van der Waals surface area contributed by atoms with Gasteiger partial charge in [0.1, 0.15) is 11.4 Å². The van der Waals surface area contributed by atoms with Crippen molar-refractivity contribution in [3.05, 3.63) is 96.9 Å². The maximum Gasteiger partial charge on any atom is 0.329 e. The lowest BCUT2D eigenvalue weighted by molar-refractivity contribution is 0.102. The molecule has 9 nitrogen and oxygen atoms in total. The molecule has 0 amide bonds. The number of ketones is 1. The average molecular weight is 492 g/mol. The van der Waals surface area contributed by atoms with Gasteiger partial charge in [0.2, 0.25) is 0 Å². The van der Waals surface area contributed by atoms with Crippen LogP contribution in [0.4, 0.5) is 5.82 Å². The number of carbonyl (C=O) groups is 1. The average Bonchev–Trinajstić information content (AvgIpc) is 2.85. The Kier molecular flexibility index (Phi) is 7.02. The summed E-state index contributed by atoms with van der Waals surface area (Å²) >= 11 is 1.05. The second kappa shape index (κ2) is 10.1. The Balaban J connectivity index is 1.75. The molecule has 0 saturated heterocycles. The summed E-state index contributed by atoms with van der Waals surface area (Å²) in [6.45, 7) is 4.02. The summed E-state index contributed by atoms with van der Waals surface area (Å²) in [6, 6.07) is 16.2. The van der Waals surface area contributed by atoms with E-state index >= 15 is 0 Å². The molecule has 2 aromatic carbocycles. The van der Waals surface area contributed by atoms with E-state index in [9.17, 15) is 19.2 Å². The fraction of sp³-hybridized carbons (Fsp3) is 0.240. The number of anilines is 1. The van der Waals surface area contributed by atoms with Crippen LogP contribution in [0.5, 0.6) is 0 Å². The number of benzene rings is 2. The van der Waals surface area contributed by atoms with E-state index in [4.69, 9.17) is 5.73 Å². The first-order chi connectivity index (χ1) is 16.8. The van der Waals surface area contributed by atoms with Gasteiger partial charge in [0, 0.05) is 6.54 Å². The van der Waals surface area contributed by atoms with Crippen LogP contribution < -0.4 is 22.5 Å². The number of aromatic nitrogens is 4. The molecular formula is C25H25N5O4S. The molecule has 0 saturated carbocycles. The zero-order valence-electron chi connectivity index (χ0n) is 19.4. The van der Waals surface area contributed by atoms with Crippen molar-refractivity contribution in [1.29, 1.82) is 0 Å². The first kappa shape index (κ1) is 24.2. The first-order valence-corrected chi connectivity index (χ1v) is 12.2. The summed E-state index contributed by atoms with van der Waals surface area (Å²) in [7, 11) is 0. The number of hydrogen-bond donors (Lipinski definition) is 2. The van der Waals surface area contributed by atoms with Gasteiger partial charge >= 0.3 is 5.69 Å². The second-order valence-corrected chi connectivity index (χ2v) is 9.00. The molecule has 0 aliphatic heterocycles. The van der Waals surface area contributed by atoms with Crippen LogP contribution >= 0.6 is 11.8 Å². The van der Waals surface area contributed by atoms with Crippen LogP contribution in [0, 0.1) is 0 Å². The molecule has 0 aliphatic carbocycles. The van der Waals surface area contributed by atoms with E-state index < -0.39 is 17.0 Å². The molecular weight excluding hydrogens is 466 g/mol. The van der Waals surface area contributed by atoms with Gasteiger partial charge in [-0.05, 0) is 31.0 Å². The van der Waals surface area contributed by atoms with E-state index in [0.29, 0.717) is 22.5 Å². The maximum absolute atomic E-state index is 13.5. The number of rotatable bonds is 8. The van der Waals surface area contributed by atoms with Gasteiger partial charge in [0.15, 0.2) is 10.9 Å². The first-order valence-electron chi connectivity index (χ1n) is 11.2. The Morgan fingerprint density at radius 2 is 1.77 bits per heavy atom. The number of nitrogen functional groups attached to an aromatic ring is 1. The normalized spacial score (nSPS) is 12.1. The molecule has 4 rings (SSSR count). The minimum absolute atomic E-state index is 0.160. The summed E-state index contributed by atoms with van der Waals surface area (Å²) in [5, 5.41) is 0.813. The number of nitrogens with one attached hydrogen (secondary N) is 1. The van der Waals surface area contributed by atoms with Crippen molar-refractivity contribution in [2.45, 2.75) is 38.0 Å². The molecule has 2 aromatic heterocycles. The fourth-order valence-corrected chi connectivity index (χ4v) is 4.90. The summed E-state index contributed by atoms with van der Waals surface area (Å²) in [5.41, 5.74) is 5.48. The van der Waals surface area contributed by atoms with Crippen LogP contribution in [0.3, 0.4) is 0 Å². The third-order valence-electron chi connectivity index (χ3n) is 5.74. The Labute approximate surface area is 204 Å². The van der Waals surface area contributed by atoms with Crippen LogP contribution in [0.15, 0.2) is 74.1 Å². The third kappa shape index (κ3) is 4.69. The molecule has 35 heavy (non-hydrogen) atoms. The number of carbonyl (C=O) groups excluding carboxylic acids is 1. The number of nitrogens with two attached hydrogens (primary N) is 1. The van der Waals surface area contributed by atoms with Gasteiger partial charge in [-0.1, -0.05) is 61.2 Å². The van der Waals surface area contributed by atoms with E-state index in [1.165, 1.54) is 4.57 Å². The van der Waals surface area contributed by atoms with Gasteiger partial charge in [-0.15, -0.1) is 0 Å². The summed E-state index contributed by atoms with van der Waals surface area (Å²) in [6.07, 6.45) is 0.600. The van der Waals surface area contributed by atoms with Crippen LogP contribution in [-0.4, -0.2) is 30.6 Å². The molecule has 3 N–H and O–H groups in total. The van der Waals surface area contributed by atoms with Crippen molar-refractivity contribution in [2.75, 3.05) is 11.5 Å². The quantitative estimate of drug-likeness (QED) is 0.220. The zero-order chi connectivity index (χ0) is 25.1. The van der Waals surface area contributed by atoms with Crippen molar-refractivity contribution in [2.24, 2.45) is 0 Å². The van der Waals surface area contributed by atoms with E-state index in [1.807, 2.05) is 44.2 Å². The van der Waals surface area contributed by atoms with Crippen molar-refractivity contribution in [3.63, 3.8) is 0 Å². The van der Waals surface area contributed by atoms with E-state index in [2.05, 4.69) is 9.97 Å². The van der Waals surface area contributed by atoms with Gasteiger partial charge in [-0.25, -0.2) is 9.78 Å². The number of nitrogens with zero attached hydrogens (tertiary/aromatic N) is 3. The van der Waals surface area contributed by atoms with Gasteiger partial charge in [0.05, 0.1) is 22.7 Å². The minimum Gasteiger partial charge on any atom is -0.384 e. The highest BCUT2D eigenvalue weighted by molar-refractivity contribution is 7.99. The smallest absolute Gasteiger partial charge is 0.329 e. The monoisotopic (exact) mass is 491 g/mol. The van der Waals surface area contributed by atoms with Crippen molar-refractivity contribution >= 4 is 34.3 Å². The number of hydrogen-bond acceptors (Lipinski definition) is 7. The molecule has 0 fully saturated rings. The highest BCUT2D eigenvalue weighted by Crippen LogP contribution is 2.25. The molecule has 0 spiro atoms. The van der Waals surface area contributed by atoms with Crippen LogP contribution in [-0.2, 0) is 6.54 Å². The fourth-order valence-electron chi connectivity index (χ4n) is 3.95. The van der Waals surface area contributed by atoms with Crippen molar-refractivity contribution in [3.8, 4) is 0 Å². The van der Waals surface area contributed by atoms with E-state index in [-0.39, 0.29) is 35.3 Å². The Hall–Kier alpha value is -3.92. The number of aromatic amines is 1. The van der Waals surface area contributed by atoms with Crippen molar-refractivity contribution < 1.29 is 4.79 Å². The molecule has 1 unspecified atom stereocenters. The highest BCUT2D eigenvalue weighted by atomic mass is 32.2. The van der Waals surface area contributed by atoms with Crippen LogP contribution in [0.2, 0.25) is 0 Å². The summed E-state index contributed by atoms with van der Waals surface area (Å²) < 4.78 is 2.74. The van der Waals surface area contributed by atoms with Gasteiger partial charge < -0.3 is 5.73 Å². The number of thioether (sulfide) groups is 1. The molecule has 0 radical (unpaired) electrons. The number of Topliss-reactive ketones (excluding diaryl/α,β-unsaturated/α-hetero) is 1. The Morgan fingerprint density at radius 1 is 1.09 bits per heavy atom. The SMILES string of the molecule is CCCn1c(N)c(C(=O)CSc2nc3ccccc3c(=O)n2C(C)c2ccccc2)c(=O)[nH]c1=O. The molecule has 180 valence electrons. The lowest BCUT2D eigenvalue weighted by Crippen LogP contribution is -2.36. The van der Waals surface area contributed by atoms with Gasteiger partial charge in [0.25, 0.3) is 11.1 Å². The van der Waals surface area contributed by atoms with E-state index in [0.717, 1.165) is 17.3 Å². The molecule has 0 bridgehead atoms. The predicted molar refractivity (Wildman–Crippen MR) is 137 cm³/mol. The Bertz CT molecular complexity index is 1570. The van der Waals surface area contributed by atoms with Crippen LogP contribution in [0.25, 0.3) is 10.9 Å². The predicted octanol–water partition coefficient (Wildman–Crippen LogP) is 2.82. The van der Waals surface area contributed by atoms with Crippen LogP contribution in [0.1, 0.15) is 42.2 Å². The standard InChI is InChI=1S/C25H25N5O4S/c1-3-13-29-21(26)20(22(32)28-24(29)34)19(31)14-35-25-27-18-12-8-7-11-17(18)23(33)30(25)15(2)16-9-5-4-6-10-16/h4-12,15H,3,13-14,26H2,1-2H3,(H,28,32,34). The Morgan fingerprint density at radius 3 is 2.49 bits per heavy atom. The number of fused-ring (bicyclic) bond motifs is 1. The lowest BCUT2D eigenvalue weighted by atomic mass is 10.1. The topological polar surface area (TPSA) is 133 Å². The maximum atomic E-state index is 13.5. The summed E-state index contributed by atoms with van der Waals surface area (Å²) in [5.74, 6) is -0.906. The number of para-hydroxylation sites is 1. The zero-order valence-corrected chi connectivity index (χ0v) is 20.2. The molecule has 2 heterocycles.